The molecule has 0 bridgehead atoms. The number of aliphatic hydroxyl groups excluding tert-OH is 2. The van der Waals surface area contributed by atoms with Gasteiger partial charge in [-0.25, -0.2) is 19.7 Å². The molecule has 4 atom stereocenters. The second kappa shape index (κ2) is 15.2. The maximum Gasteiger partial charge on any atom is 0.362 e. The van der Waals surface area contributed by atoms with Gasteiger partial charge in [0.05, 0.1) is 19.5 Å². The summed E-state index contributed by atoms with van der Waals surface area (Å²) < 4.78 is 44.0. The van der Waals surface area contributed by atoms with Crippen LogP contribution in [-0.2, 0) is 24.0 Å². The van der Waals surface area contributed by atoms with E-state index in [2.05, 4.69) is 15.0 Å². The molecule has 3 aromatic rings. The van der Waals surface area contributed by atoms with Crippen LogP contribution in [0.5, 0.6) is 5.75 Å². The van der Waals surface area contributed by atoms with Crippen molar-refractivity contribution in [2.45, 2.75) is 82.3 Å². The number of anilines is 1. The van der Waals surface area contributed by atoms with Crippen molar-refractivity contribution in [3.05, 3.63) is 43.0 Å². The predicted octanol–water partition coefficient (Wildman–Crippen LogP) is 2.00. The lowest BCUT2D eigenvalue weighted by Gasteiger charge is -2.16. The topological polar surface area (TPSA) is 201 Å². The smallest absolute Gasteiger partial charge is 0.362 e. The Hall–Kier alpha value is -3.37. The number of ether oxygens (including phenoxy) is 2. The number of carbonyl (C=O) groups is 1. The summed E-state index contributed by atoms with van der Waals surface area (Å²) in [5.41, 5.74) is 6.33. The molecule has 4 rings (SSSR count). The zero-order valence-electron chi connectivity index (χ0n) is 23.2. The SMILES string of the molecule is Nc1ncnc2c1ncn2[C@@H]1O[C@H](COS(=O)(=O)NC(=O)CCCCCCCCCCOc2ccccc2)[C@@H](O)[C@H]1O. The van der Waals surface area contributed by atoms with Crippen molar-refractivity contribution in [3.63, 3.8) is 0 Å². The summed E-state index contributed by atoms with van der Waals surface area (Å²) in [6.07, 6.45) is 5.04. The number of imidazole rings is 1. The summed E-state index contributed by atoms with van der Waals surface area (Å²) in [5, 5.41) is 20.9. The van der Waals surface area contributed by atoms with Gasteiger partial charge in [-0.3, -0.25) is 13.5 Å². The van der Waals surface area contributed by atoms with E-state index in [1.807, 2.05) is 35.1 Å². The molecule has 1 aliphatic heterocycles. The minimum Gasteiger partial charge on any atom is -0.494 e. The molecule has 14 nitrogen and oxygen atoms in total. The van der Waals surface area contributed by atoms with Crippen LogP contribution in [0.1, 0.15) is 64.0 Å². The van der Waals surface area contributed by atoms with Gasteiger partial charge in [0, 0.05) is 6.42 Å². The van der Waals surface area contributed by atoms with Crippen LogP contribution in [0.3, 0.4) is 0 Å². The molecule has 1 amide bonds. The molecule has 3 heterocycles. The van der Waals surface area contributed by atoms with Gasteiger partial charge in [-0.1, -0.05) is 56.7 Å². The zero-order valence-corrected chi connectivity index (χ0v) is 24.1. The molecule has 0 saturated carbocycles. The largest absolute Gasteiger partial charge is 0.494 e. The van der Waals surface area contributed by atoms with Crippen molar-refractivity contribution in [2.75, 3.05) is 18.9 Å². The van der Waals surface area contributed by atoms with Crippen LogP contribution in [0, 0.1) is 0 Å². The third-order valence-electron chi connectivity index (χ3n) is 6.93. The second-order valence-electron chi connectivity index (χ2n) is 10.1. The lowest BCUT2D eigenvalue weighted by atomic mass is 10.1. The number of aromatic nitrogens is 4. The molecular formula is C27H38N6O8S. The Kier molecular flexibility index (Phi) is 11.4. The van der Waals surface area contributed by atoms with E-state index in [0.717, 1.165) is 50.7 Å². The number of nitrogens with two attached hydrogens (primary N) is 1. The quantitative estimate of drug-likeness (QED) is 0.163. The van der Waals surface area contributed by atoms with Gasteiger partial charge in [0.2, 0.25) is 5.91 Å². The number of unbranched alkanes of at least 4 members (excludes halogenated alkanes) is 7. The number of nitrogens with zero attached hydrogens (tertiary/aromatic N) is 4. The van der Waals surface area contributed by atoms with Crippen LogP contribution in [-0.4, -0.2) is 75.6 Å². The van der Waals surface area contributed by atoms with Gasteiger partial charge in [-0.15, -0.1) is 0 Å². The number of nitrogens with one attached hydrogen (secondary N) is 1. The van der Waals surface area contributed by atoms with E-state index in [4.69, 9.17) is 19.4 Å². The van der Waals surface area contributed by atoms with E-state index in [1.165, 1.54) is 17.2 Å². The van der Waals surface area contributed by atoms with E-state index >= 15 is 0 Å². The number of benzene rings is 1. The van der Waals surface area contributed by atoms with E-state index in [9.17, 15) is 23.4 Å². The van der Waals surface area contributed by atoms with Crippen molar-refractivity contribution in [2.24, 2.45) is 0 Å². The van der Waals surface area contributed by atoms with Crippen molar-refractivity contribution in [1.82, 2.24) is 24.2 Å². The van der Waals surface area contributed by atoms with Gasteiger partial charge >= 0.3 is 10.3 Å². The highest BCUT2D eigenvalue weighted by atomic mass is 32.2. The molecule has 1 aromatic carbocycles. The minimum absolute atomic E-state index is 0.0431. The summed E-state index contributed by atoms with van der Waals surface area (Å²) in [7, 11) is -4.44. The Bertz CT molecular complexity index is 1390. The van der Waals surface area contributed by atoms with Crippen LogP contribution < -0.4 is 15.2 Å². The highest BCUT2D eigenvalue weighted by molar-refractivity contribution is 7.85. The average Bonchev–Trinajstić information content (AvgIpc) is 3.52. The lowest BCUT2D eigenvalue weighted by molar-refractivity contribution is -0.119. The van der Waals surface area contributed by atoms with Crippen molar-refractivity contribution in [3.8, 4) is 5.75 Å². The van der Waals surface area contributed by atoms with Gasteiger partial charge < -0.3 is 25.4 Å². The van der Waals surface area contributed by atoms with E-state index in [1.54, 1.807) is 0 Å². The Morgan fingerprint density at radius 1 is 0.976 bits per heavy atom. The fraction of sp³-hybridized carbons (Fsp3) is 0.556. The first-order valence-electron chi connectivity index (χ1n) is 14.1. The van der Waals surface area contributed by atoms with Gasteiger partial charge in [0.1, 0.15) is 35.9 Å². The molecule has 0 aliphatic carbocycles. The summed E-state index contributed by atoms with van der Waals surface area (Å²) in [6.45, 7) is 0.0800. The number of hydrogen-bond donors (Lipinski definition) is 4. The van der Waals surface area contributed by atoms with Crippen LogP contribution in [0.25, 0.3) is 11.2 Å². The summed E-state index contributed by atoms with van der Waals surface area (Å²) in [4.78, 5) is 24.1. The van der Waals surface area contributed by atoms with Crippen molar-refractivity contribution < 1.29 is 37.1 Å². The van der Waals surface area contributed by atoms with Crippen LogP contribution in [0.4, 0.5) is 5.82 Å². The zero-order chi connectivity index (χ0) is 30.0. The number of carbonyl (C=O) groups excluding carboxylic acids is 1. The third kappa shape index (κ3) is 8.82. The normalized spacial score (nSPS) is 20.6. The average molecular weight is 607 g/mol. The summed E-state index contributed by atoms with van der Waals surface area (Å²) in [5.74, 6) is 0.338. The lowest BCUT2D eigenvalue weighted by Crippen LogP contribution is -2.37. The minimum atomic E-state index is -4.44. The predicted molar refractivity (Wildman–Crippen MR) is 152 cm³/mol. The Balaban J connectivity index is 1.07. The molecule has 0 unspecified atom stereocenters. The highest BCUT2D eigenvalue weighted by Gasteiger charge is 2.45. The number of amides is 1. The van der Waals surface area contributed by atoms with Gasteiger partial charge in [0.15, 0.2) is 17.7 Å². The summed E-state index contributed by atoms with van der Waals surface area (Å²) in [6, 6.07) is 9.75. The van der Waals surface area contributed by atoms with E-state index < -0.39 is 47.4 Å². The Morgan fingerprint density at radius 3 is 2.40 bits per heavy atom. The van der Waals surface area contributed by atoms with Crippen LogP contribution >= 0.6 is 0 Å². The first kappa shape index (κ1) is 31.6. The van der Waals surface area contributed by atoms with Crippen molar-refractivity contribution >= 4 is 33.2 Å². The molecule has 15 heteroatoms. The highest BCUT2D eigenvalue weighted by Crippen LogP contribution is 2.32. The number of rotatable bonds is 17. The molecule has 5 N–H and O–H groups in total. The maximum atomic E-state index is 12.3. The fourth-order valence-corrected chi connectivity index (χ4v) is 5.44. The van der Waals surface area contributed by atoms with E-state index in [0.29, 0.717) is 13.0 Å². The molecule has 230 valence electrons. The molecule has 1 saturated heterocycles. The van der Waals surface area contributed by atoms with E-state index in [-0.39, 0.29) is 23.4 Å². The molecule has 0 radical (unpaired) electrons. The Morgan fingerprint density at radius 2 is 1.67 bits per heavy atom. The number of nitrogen functional groups attached to an aromatic ring is 1. The second-order valence-corrected chi connectivity index (χ2v) is 11.5. The van der Waals surface area contributed by atoms with Crippen molar-refractivity contribution in [1.29, 1.82) is 0 Å². The monoisotopic (exact) mass is 606 g/mol. The first-order valence-corrected chi connectivity index (χ1v) is 15.5. The molecular weight excluding hydrogens is 568 g/mol. The summed E-state index contributed by atoms with van der Waals surface area (Å²) >= 11 is 0. The fourth-order valence-electron chi connectivity index (χ4n) is 4.68. The number of para-hydroxylation sites is 1. The molecule has 1 aliphatic rings. The number of hydrogen-bond acceptors (Lipinski definition) is 12. The third-order valence-corrected chi connectivity index (χ3v) is 7.86. The first-order chi connectivity index (χ1) is 20.2. The van der Waals surface area contributed by atoms with Crippen LogP contribution in [0.15, 0.2) is 43.0 Å². The maximum absolute atomic E-state index is 12.3. The Labute approximate surface area is 244 Å². The molecule has 2 aromatic heterocycles. The molecule has 1 fully saturated rings. The van der Waals surface area contributed by atoms with Gasteiger partial charge in [0.25, 0.3) is 0 Å². The number of aliphatic hydroxyl groups is 2. The van der Waals surface area contributed by atoms with Gasteiger partial charge in [-0.2, -0.15) is 8.42 Å². The molecule has 42 heavy (non-hydrogen) atoms. The van der Waals surface area contributed by atoms with Crippen LogP contribution in [0.2, 0.25) is 0 Å². The standard InChI is InChI=1S/C27H38N6O8S/c28-25-22-26(30-17-29-25)33(18-31-22)27-24(36)23(35)20(41-27)16-40-42(37,38)32-21(34)14-10-5-3-1-2-4-6-11-15-39-19-12-8-7-9-13-19/h7-9,12-13,17-18,20,23-24,27,35-36H,1-6,10-11,14-16H2,(H,32,34)(H2,28,29,30)/t20-,23-,24-,27-/m1/s1. The van der Waals surface area contributed by atoms with Gasteiger partial charge in [-0.05, 0) is 25.0 Å². The number of fused-ring (bicyclic) bond motifs is 1. The molecule has 0 spiro atoms.